The molecule has 2 aromatic rings. The molecule has 0 spiro atoms. The van der Waals surface area contributed by atoms with Crippen molar-refractivity contribution in [2.75, 3.05) is 39.4 Å². The SMILES string of the molecule is CCc1n[nH]c(CN2CCCN(C(=O)c3ccc4c(c3)OCCO4)CC2)n1. The van der Waals surface area contributed by atoms with Gasteiger partial charge >= 0.3 is 0 Å². The molecule has 144 valence electrons. The number of hydrogen-bond donors (Lipinski definition) is 1. The standard InChI is InChI=1S/C19H25N5O3/c1-2-17-20-18(22-21-17)13-23-6-3-7-24(9-8-23)19(25)14-4-5-15-16(12-14)27-11-10-26-15/h4-5,12H,2-3,6-11,13H2,1H3,(H,20,21,22). The van der Waals surface area contributed by atoms with E-state index in [1.54, 1.807) is 6.07 Å². The molecule has 1 aromatic carbocycles. The minimum absolute atomic E-state index is 0.0433. The Bertz CT molecular complexity index is 806. The Hall–Kier alpha value is -2.61. The summed E-state index contributed by atoms with van der Waals surface area (Å²) in [5, 5.41) is 7.20. The summed E-state index contributed by atoms with van der Waals surface area (Å²) in [6.45, 7) is 7.05. The Labute approximate surface area is 158 Å². The normalized spacial score (nSPS) is 17.6. The summed E-state index contributed by atoms with van der Waals surface area (Å²) in [7, 11) is 0. The summed E-state index contributed by atoms with van der Waals surface area (Å²) in [6.07, 6.45) is 1.76. The molecule has 1 amide bonds. The van der Waals surface area contributed by atoms with Crippen molar-refractivity contribution in [3.05, 3.63) is 35.4 Å². The van der Waals surface area contributed by atoms with E-state index in [9.17, 15) is 4.79 Å². The van der Waals surface area contributed by atoms with E-state index in [0.717, 1.165) is 50.7 Å². The maximum atomic E-state index is 12.9. The van der Waals surface area contributed by atoms with Crippen LogP contribution in [0, 0.1) is 0 Å². The molecule has 1 fully saturated rings. The van der Waals surface area contributed by atoms with Crippen LogP contribution in [-0.2, 0) is 13.0 Å². The summed E-state index contributed by atoms with van der Waals surface area (Å²) in [5.41, 5.74) is 0.649. The van der Waals surface area contributed by atoms with E-state index in [1.165, 1.54) is 0 Å². The van der Waals surface area contributed by atoms with Gasteiger partial charge < -0.3 is 14.4 Å². The number of nitrogens with one attached hydrogen (secondary N) is 1. The van der Waals surface area contributed by atoms with E-state index >= 15 is 0 Å². The number of amides is 1. The molecule has 1 aromatic heterocycles. The maximum Gasteiger partial charge on any atom is 0.254 e. The minimum atomic E-state index is 0.0433. The Kier molecular flexibility index (Phi) is 5.24. The van der Waals surface area contributed by atoms with Crippen LogP contribution in [0.1, 0.15) is 35.4 Å². The lowest BCUT2D eigenvalue weighted by Gasteiger charge is -2.23. The van der Waals surface area contributed by atoms with Crippen LogP contribution in [0.4, 0.5) is 0 Å². The number of carbonyl (C=O) groups is 1. The second-order valence-corrected chi connectivity index (χ2v) is 6.83. The Balaban J connectivity index is 1.38. The predicted octanol–water partition coefficient (Wildman–Crippen LogP) is 1.49. The molecule has 0 unspecified atom stereocenters. The second-order valence-electron chi connectivity index (χ2n) is 6.83. The highest BCUT2D eigenvalue weighted by Gasteiger charge is 2.22. The van der Waals surface area contributed by atoms with Gasteiger partial charge in [0.1, 0.15) is 24.9 Å². The van der Waals surface area contributed by atoms with Crippen molar-refractivity contribution in [1.29, 1.82) is 0 Å². The van der Waals surface area contributed by atoms with Crippen molar-refractivity contribution < 1.29 is 14.3 Å². The number of aryl methyl sites for hydroxylation is 1. The van der Waals surface area contributed by atoms with Gasteiger partial charge in [0.25, 0.3) is 5.91 Å². The fraction of sp³-hybridized carbons (Fsp3) is 0.526. The molecule has 1 saturated heterocycles. The third-order valence-electron chi connectivity index (χ3n) is 4.93. The van der Waals surface area contributed by atoms with Gasteiger partial charge in [-0.3, -0.25) is 14.8 Å². The number of carbonyl (C=O) groups excluding carboxylic acids is 1. The summed E-state index contributed by atoms with van der Waals surface area (Å²) in [6, 6.07) is 5.43. The summed E-state index contributed by atoms with van der Waals surface area (Å²) < 4.78 is 11.1. The topological polar surface area (TPSA) is 83.6 Å². The van der Waals surface area contributed by atoms with Gasteiger partial charge in [-0.2, -0.15) is 5.10 Å². The quantitative estimate of drug-likeness (QED) is 0.877. The average Bonchev–Trinajstić information content (AvgIpc) is 3.04. The number of nitrogens with zero attached hydrogens (tertiary/aromatic N) is 4. The van der Waals surface area contributed by atoms with Crippen molar-refractivity contribution in [3.63, 3.8) is 0 Å². The lowest BCUT2D eigenvalue weighted by molar-refractivity contribution is 0.0760. The van der Waals surface area contributed by atoms with Gasteiger partial charge in [-0.25, -0.2) is 4.98 Å². The van der Waals surface area contributed by atoms with E-state index in [1.807, 2.05) is 24.0 Å². The Morgan fingerprint density at radius 1 is 1.15 bits per heavy atom. The van der Waals surface area contributed by atoms with Crippen LogP contribution in [-0.4, -0.2) is 70.3 Å². The zero-order chi connectivity index (χ0) is 18.6. The molecule has 3 heterocycles. The largest absolute Gasteiger partial charge is 0.486 e. The van der Waals surface area contributed by atoms with E-state index in [2.05, 4.69) is 20.1 Å². The molecule has 0 aliphatic carbocycles. The van der Waals surface area contributed by atoms with Crippen molar-refractivity contribution >= 4 is 5.91 Å². The number of fused-ring (bicyclic) bond motifs is 1. The zero-order valence-electron chi connectivity index (χ0n) is 15.6. The van der Waals surface area contributed by atoms with Gasteiger partial charge in [0.05, 0.1) is 6.54 Å². The average molecular weight is 371 g/mol. The van der Waals surface area contributed by atoms with Crippen LogP contribution in [0.15, 0.2) is 18.2 Å². The van der Waals surface area contributed by atoms with Gasteiger partial charge in [-0.15, -0.1) is 0 Å². The molecule has 27 heavy (non-hydrogen) atoms. The van der Waals surface area contributed by atoms with Crippen molar-refractivity contribution in [2.24, 2.45) is 0 Å². The summed E-state index contributed by atoms with van der Waals surface area (Å²) in [5.74, 6) is 3.13. The third-order valence-corrected chi connectivity index (χ3v) is 4.93. The minimum Gasteiger partial charge on any atom is -0.486 e. The molecule has 2 aliphatic heterocycles. The Morgan fingerprint density at radius 3 is 2.81 bits per heavy atom. The van der Waals surface area contributed by atoms with Gasteiger partial charge in [-0.1, -0.05) is 6.92 Å². The molecular weight excluding hydrogens is 346 g/mol. The lowest BCUT2D eigenvalue weighted by Crippen LogP contribution is -2.35. The molecule has 0 atom stereocenters. The number of ether oxygens (including phenoxy) is 2. The van der Waals surface area contributed by atoms with Crippen LogP contribution in [0.25, 0.3) is 0 Å². The fourth-order valence-corrected chi connectivity index (χ4v) is 3.47. The first kappa shape index (κ1) is 17.8. The molecule has 0 radical (unpaired) electrons. The summed E-state index contributed by atoms with van der Waals surface area (Å²) in [4.78, 5) is 21.6. The molecule has 2 aliphatic rings. The molecule has 8 nitrogen and oxygen atoms in total. The maximum absolute atomic E-state index is 12.9. The molecule has 8 heteroatoms. The highest BCUT2D eigenvalue weighted by Crippen LogP contribution is 2.31. The summed E-state index contributed by atoms with van der Waals surface area (Å²) >= 11 is 0. The lowest BCUT2D eigenvalue weighted by atomic mass is 10.1. The van der Waals surface area contributed by atoms with E-state index in [0.29, 0.717) is 36.8 Å². The van der Waals surface area contributed by atoms with Gasteiger partial charge in [0.15, 0.2) is 11.5 Å². The number of rotatable bonds is 4. The predicted molar refractivity (Wildman–Crippen MR) is 99.0 cm³/mol. The monoisotopic (exact) mass is 371 g/mol. The van der Waals surface area contributed by atoms with Crippen molar-refractivity contribution in [1.82, 2.24) is 25.0 Å². The molecule has 4 rings (SSSR count). The second kappa shape index (κ2) is 7.96. The van der Waals surface area contributed by atoms with Crippen molar-refractivity contribution in [3.8, 4) is 11.5 Å². The first-order chi connectivity index (χ1) is 13.2. The molecule has 0 saturated carbocycles. The Morgan fingerprint density at radius 2 is 2.00 bits per heavy atom. The van der Waals surface area contributed by atoms with Gasteiger partial charge in [0, 0.05) is 38.2 Å². The number of aromatic amines is 1. The van der Waals surface area contributed by atoms with Gasteiger partial charge in [-0.05, 0) is 24.6 Å². The highest BCUT2D eigenvalue weighted by atomic mass is 16.6. The molecular formula is C19H25N5O3. The first-order valence-corrected chi connectivity index (χ1v) is 9.54. The molecule has 0 bridgehead atoms. The highest BCUT2D eigenvalue weighted by molar-refractivity contribution is 5.95. The smallest absolute Gasteiger partial charge is 0.254 e. The van der Waals surface area contributed by atoms with Crippen LogP contribution in [0.2, 0.25) is 0 Å². The number of H-pyrrole nitrogens is 1. The number of aromatic nitrogens is 3. The van der Waals surface area contributed by atoms with Crippen LogP contribution < -0.4 is 9.47 Å². The van der Waals surface area contributed by atoms with Crippen molar-refractivity contribution in [2.45, 2.75) is 26.3 Å². The van der Waals surface area contributed by atoms with Crippen LogP contribution in [0.3, 0.4) is 0 Å². The van der Waals surface area contributed by atoms with E-state index in [-0.39, 0.29) is 5.91 Å². The fourth-order valence-electron chi connectivity index (χ4n) is 3.47. The van der Waals surface area contributed by atoms with E-state index in [4.69, 9.17) is 9.47 Å². The molecule has 1 N–H and O–H groups in total. The van der Waals surface area contributed by atoms with Gasteiger partial charge in [0.2, 0.25) is 0 Å². The van der Waals surface area contributed by atoms with Crippen LogP contribution in [0.5, 0.6) is 11.5 Å². The number of benzene rings is 1. The third kappa shape index (κ3) is 4.05. The van der Waals surface area contributed by atoms with E-state index < -0.39 is 0 Å². The first-order valence-electron chi connectivity index (χ1n) is 9.54. The zero-order valence-corrected chi connectivity index (χ0v) is 15.6. The van der Waals surface area contributed by atoms with Crippen LogP contribution >= 0.6 is 0 Å². The number of hydrogen-bond acceptors (Lipinski definition) is 6.